The summed E-state index contributed by atoms with van der Waals surface area (Å²) >= 11 is 0. The fraction of sp³-hybridized carbons (Fsp3) is 0.647. The van der Waals surface area contributed by atoms with Crippen LogP contribution in [0.5, 0.6) is 0 Å². The Kier molecular flexibility index (Phi) is 5.41. The van der Waals surface area contributed by atoms with Crippen LogP contribution >= 0.6 is 0 Å². The van der Waals surface area contributed by atoms with Crippen LogP contribution in [0.3, 0.4) is 0 Å². The van der Waals surface area contributed by atoms with E-state index in [2.05, 4.69) is 16.7 Å². The van der Waals surface area contributed by atoms with Gasteiger partial charge in [0.05, 0.1) is 13.2 Å². The van der Waals surface area contributed by atoms with Crippen LogP contribution in [0.2, 0.25) is 0 Å². The maximum absolute atomic E-state index is 13.4. The van der Waals surface area contributed by atoms with Crippen molar-refractivity contribution < 1.29 is 13.9 Å². The van der Waals surface area contributed by atoms with Gasteiger partial charge in [-0.05, 0) is 24.6 Å². The smallest absolute Gasteiger partial charge is 0.159 e. The Labute approximate surface area is 131 Å². The van der Waals surface area contributed by atoms with Crippen LogP contribution in [0.25, 0.3) is 0 Å². The number of rotatable bonds is 5. The van der Waals surface area contributed by atoms with Crippen LogP contribution in [0.15, 0.2) is 24.3 Å². The van der Waals surface area contributed by atoms with Crippen LogP contribution < -0.4 is 0 Å². The van der Waals surface area contributed by atoms with E-state index < -0.39 is 0 Å². The molecule has 0 bridgehead atoms. The third-order valence-corrected chi connectivity index (χ3v) is 4.66. The van der Waals surface area contributed by atoms with Gasteiger partial charge in [0.25, 0.3) is 0 Å². The molecule has 2 aliphatic rings. The normalized spacial score (nSPS) is 23.0. The van der Waals surface area contributed by atoms with Gasteiger partial charge in [-0.2, -0.15) is 0 Å². The first kappa shape index (κ1) is 15.9. The number of hydrogen-bond acceptors (Lipinski definition) is 4. The third-order valence-electron chi connectivity index (χ3n) is 4.66. The molecule has 5 heteroatoms. The second kappa shape index (κ2) is 7.51. The Morgan fingerprint density at radius 2 is 1.91 bits per heavy atom. The lowest BCUT2D eigenvalue weighted by atomic mass is 10.1. The molecule has 1 aromatic rings. The molecule has 3 rings (SSSR count). The molecular weight excluding hydrogens is 283 g/mol. The van der Waals surface area contributed by atoms with E-state index >= 15 is 0 Å². The molecule has 0 unspecified atom stereocenters. The van der Waals surface area contributed by atoms with E-state index in [1.165, 1.54) is 6.07 Å². The van der Waals surface area contributed by atoms with Gasteiger partial charge in [-0.3, -0.25) is 4.90 Å². The minimum Gasteiger partial charge on any atom is -0.350 e. The Balaban J connectivity index is 1.44. The summed E-state index contributed by atoms with van der Waals surface area (Å²) in [7, 11) is 0. The van der Waals surface area contributed by atoms with Crippen molar-refractivity contribution in [2.45, 2.75) is 25.7 Å². The maximum Gasteiger partial charge on any atom is 0.159 e. The highest BCUT2D eigenvalue weighted by Crippen LogP contribution is 2.22. The summed E-state index contributed by atoms with van der Waals surface area (Å²) in [6, 6.07) is 7.21. The van der Waals surface area contributed by atoms with E-state index in [0.717, 1.165) is 57.9 Å². The zero-order valence-corrected chi connectivity index (χ0v) is 13.2. The first-order valence-electron chi connectivity index (χ1n) is 8.17. The van der Waals surface area contributed by atoms with Gasteiger partial charge in [-0.15, -0.1) is 0 Å². The second-order valence-electron chi connectivity index (χ2n) is 6.07. The molecule has 0 aromatic heterocycles. The van der Waals surface area contributed by atoms with Crippen molar-refractivity contribution in [2.75, 3.05) is 45.9 Å². The lowest BCUT2D eigenvalue weighted by molar-refractivity contribution is -0.0537. The molecule has 0 N–H and O–H groups in total. The van der Waals surface area contributed by atoms with Gasteiger partial charge in [0.1, 0.15) is 5.82 Å². The molecule has 4 nitrogen and oxygen atoms in total. The largest absolute Gasteiger partial charge is 0.350 e. The lowest BCUT2D eigenvalue weighted by Gasteiger charge is -2.38. The molecule has 1 atom stereocenters. The zero-order valence-electron chi connectivity index (χ0n) is 13.2. The standard InChI is InChI=1S/C17H25FN2O2/c1-14(15-3-2-4-16(18)13-15)20-9-7-19(8-10-20)6-5-17-21-11-12-22-17/h2-4,13-14,17H,5-12H2,1H3/t14-/m1/s1. The van der Waals surface area contributed by atoms with Crippen molar-refractivity contribution in [3.63, 3.8) is 0 Å². The summed E-state index contributed by atoms with van der Waals surface area (Å²) in [4.78, 5) is 4.88. The summed E-state index contributed by atoms with van der Waals surface area (Å²) < 4.78 is 24.3. The molecule has 1 aromatic carbocycles. The highest BCUT2D eigenvalue weighted by Gasteiger charge is 2.23. The molecule has 2 heterocycles. The number of halogens is 1. The highest BCUT2D eigenvalue weighted by atomic mass is 19.1. The van der Waals surface area contributed by atoms with E-state index in [-0.39, 0.29) is 18.1 Å². The van der Waals surface area contributed by atoms with Gasteiger partial charge in [0.15, 0.2) is 6.29 Å². The zero-order chi connectivity index (χ0) is 15.4. The first-order chi connectivity index (χ1) is 10.7. The van der Waals surface area contributed by atoms with Crippen molar-refractivity contribution >= 4 is 0 Å². The molecule has 2 saturated heterocycles. The molecule has 22 heavy (non-hydrogen) atoms. The second-order valence-corrected chi connectivity index (χ2v) is 6.07. The van der Waals surface area contributed by atoms with E-state index in [9.17, 15) is 4.39 Å². The summed E-state index contributed by atoms with van der Waals surface area (Å²) in [6.07, 6.45) is 0.934. The van der Waals surface area contributed by atoms with Gasteiger partial charge in [-0.25, -0.2) is 4.39 Å². The van der Waals surface area contributed by atoms with Crippen LogP contribution in [0, 0.1) is 5.82 Å². The Morgan fingerprint density at radius 3 is 2.59 bits per heavy atom. The molecule has 2 fully saturated rings. The van der Waals surface area contributed by atoms with Gasteiger partial charge in [0.2, 0.25) is 0 Å². The Morgan fingerprint density at radius 1 is 1.18 bits per heavy atom. The number of nitrogens with zero attached hydrogens (tertiary/aromatic N) is 2. The first-order valence-corrected chi connectivity index (χ1v) is 8.17. The maximum atomic E-state index is 13.4. The van der Waals surface area contributed by atoms with E-state index in [1.54, 1.807) is 12.1 Å². The molecule has 122 valence electrons. The van der Waals surface area contributed by atoms with Crippen molar-refractivity contribution in [1.82, 2.24) is 9.80 Å². The van der Waals surface area contributed by atoms with Crippen LogP contribution in [-0.4, -0.2) is 62.0 Å². The number of benzene rings is 1. The summed E-state index contributed by atoms with van der Waals surface area (Å²) in [6.45, 7) is 8.76. The van der Waals surface area contributed by atoms with Crippen LogP contribution in [0.4, 0.5) is 4.39 Å². The van der Waals surface area contributed by atoms with E-state index in [0.29, 0.717) is 0 Å². The molecule has 0 spiro atoms. The quantitative estimate of drug-likeness (QED) is 0.833. The Hall–Kier alpha value is -1.01. The van der Waals surface area contributed by atoms with Crippen molar-refractivity contribution in [2.24, 2.45) is 0 Å². The van der Waals surface area contributed by atoms with Crippen molar-refractivity contribution in [3.05, 3.63) is 35.6 Å². The summed E-state index contributed by atoms with van der Waals surface area (Å²) in [5.41, 5.74) is 1.06. The number of hydrogen-bond donors (Lipinski definition) is 0. The number of ether oxygens (including phenoxy) is 2. The monoisotopic (exact) mass is 308 g/mol. The fourth-order valence-corrected chi connectivity index (χ4v) is 3.21. The number of piperazine rings is 1. The minimum atomic E-state index is -0.153. The predicted molar refractivity (Wildman–Crippen MR) is 83.1 cm³/mol. The molecule has 2 aliphatic heterocycles. The van der Waals surface area contributed by atoms with Crippen LogP contribution in [-0.2, 0) is 9.47 Å². The predicted octanol–water partition coefficient (Wildman–Crippen LogP) is 2.27. The fourth-order valence-electron chi connectivity index (χ4n) is 3.21. The van der Waals surface area contributed by atoms with E-state index in [1.807, 2.05) is 6.07 Å². The lowest BCUT2D eigenvalue weighted by Crippen LogP contribution is -2.47. The summed E-state index contributed by atoms with van der Waals surface area (Å²) in [5.74, 6) is -0.153. The minimum absolute atomic E-state index is 0.00996. The third kappa shape index (κ3) is 4.04. The average molecular weight is 308 g/mol. The molecule has 0 aliphatic carbocycles. The molecule has 0 amide bonds. The van der Waals surface area contributed by atoms with Crippen LogP contribution in [0.1, 0.15) is 24.9 Å². The van der Waals surface area contributed by atoms with Gasteiger partial charge >= 0.3 is 0 Å². The molecular formula is C17H25FN2O2. The molecule has 0 saturated carbocycles. The highest BCUT2D eigenvalue weighted by molar-refractivity contribution is 5.19. The topological polar surface area (TPSA) is 24.9 Å². The van der Waals surface area contributed by atoms with Gasteiger partial charge in [0, 0.05) is 45.2 Å². The Bertz CT molecular complexity index is 471. The van der Waals surface area contributed by atoms with Gasteiger partial charge < -0.3 is 14.4 Å². The summed E-state index contributed by atoms with van der Waals surface area (Å²) in [5, 5.41) is 0. The molecule has 0 radical (unpaired) electrons. The van der Waals surface area contributed by atoms with Crippen molar-refractivity contribution in [3.8, 4) is 0 Å². The van der Waals surface area contributed by atoms with Crippen molar-refractivity contribution in [1.29, 1.82) is 0 Å². The van der Waals surface area contributed by atoms with Gasteiger partial charge in [-0.1, -0.05) is 12.1 Å². The SMILES string of the molecule is C[C@H](c1cccc(F)c1)N1CCN(CCC2OCCO2)CC1. The van der Waals surface area contributed by atoms with E-state index in [4.69, 9.17) is 9.47 Å². The average Bonchev–Trinajstić information content (AvgIpc) is 3.06.